The van der Waals surface area contributed by atoms with Crippen molar-refractivity contribution in [2.75, 3.05) is 30.4 Å². The Labute approximate surface area is 174 Å². The van der Waals surface area contributed by atoms with Crippen LogP contribution in [0.5, 0.6) is 5.88 Å². The maximum absolute atomic E-state index is 12.6. The number of ether oxygens (including phenoxy) is 2. The second-order valence-corrected chi connectivity index (χ2v) is 7.83. The van der Waals surface area contributed by atoms with Gasteiger partial charge in [-0.05, 0) is 48.5 Å². The molecule has 3 aromatic rings. The van der Waals surface area contributed by atoms with Gasteiger partial charge in [0.1, 0.15) is 12.3 Å². The minimum atomic E-state index is -3.76. The SMILES string of the molecule is COCCOc1ncccc1NC(=O)c1ccc(S(=O)(=O)Nc2ccccc2)cc1. The zero-order chi connectivity index (χ0) is 21.4. The molecule has 0 saturated carbocycles. The molecule has 30 heavy (non-hydrogen) atoms. The number of amides is 1. The van der Waals surface area contributed by atoms with Crippen LogP contribution < -0.4 is 14.8 Å². The maximum Gasteiger partial charge on any atom is 0.261 e. The summed E-state index contributed by atoms with van der Waals surface area (Å²) in [6.45, 7) is 0.675. The molecule has 8 nitrogen and oxygen atoms in total. The third-order valence-electron chi connectivity index (χ3n) is 4.00. The number of nitrogens with one attached hydrogen (secondary N) is 2. The molecule has 156 valence electrons. The van der Waals surface area contributed by atoms with Crippen LogP contribution in [0.2, 0.25) is 0 Å². The van der Waals surface area contributed by atoms with Crippen LogP contribution in [-0.4, -0.2) is 39.6 Å². The Morgan fingerprint density at radius 2 is 1.70 bits per heavy atom. The minimum absolute atomic E-state index is 0.0490. The van der Waals surface area contributed by atoms with Crippen molar-refractivity contribution in [1.29, 1.82) is 0 Å². The lowest BCUT2D eigenvalue weighted by atomic mass is 10.2. The van der Waals surface area contributed by atoms with Gasteiger partial charge in [-0.15, -0.1) is 0 Å². The Morgan fingerprint density at radius 3 is 2.40 bits per heavy atom. The molecule has 0 aliphatic carbocycles. The maximum atomic E-state index is 12.6. The number of pyridine rings is 1. The summed E-state index contributed by atoms with van der Waals surface area (Å²) in [6, 6.07) is 17.5. The molecule has 0 saturated heterocycles. The van der Waals surface area contributed by atoms with Crippen molar-refractivity contribution in [3.05, 3.63) is 78.5 Å². The van der Waals surface area contributed by atoms with Crippen molar-refractivity contribution in [3.8, 4) is 5.88 Å². The van der Waals surface area contributed by atoms with Gasteiger partial charge in [0.05, 0.1) is 11.5 Å². The van der Waals surface area contributed by atoms with Crippen LogP contribution in [-0.2, 0) is 14.8 Å². The van der Waals surface area contributed by atoms with E-state index in [9.17, 15) is 13.2 Å². The molecule has 0 atom stereocenters. The normalized spacial score (nSPS) is 11.0. The van der Waals surface area contributed by atoms with Gasteiger partial charge < -0.3 is 14.8 Å². The van der Waals surface area contributed by atoms with Gasteiger partial charge in [0, 0.05) is 24.6 Å². The number of para-hydroxylation sites is 1. The van der Waals surface area contributed by atoms with E-state index in [0.717, 1.165) is 0 Å². The summed E-state index contributed by atoms with van der Waals surface area (Å²) in [5.74, 6) is -0.145. The highest BCUT2D eigenvalue weighted by atomic mass is 32.2. The van der Waals surface area contributed by atoms with Gasteiger partial charge in [-0.25, -0.2) is 13.4 Å². The first-order valence-electron chi connectivity index (χ1n) is 9.05. The third-order valence-corrected chi connectivity index (χ3v) is 5.40. The number of anilines is 2. The number of carbonyl (C=O) groups excluding carboxylic acids is 1. The highest BCUT2D eigenvalue weighted by molar-refractivity contribution is 7.92. The quantitative estimate of drug-likeness (QED) is 0.508. The fraction of sp³-hybridized carbons (Fsp3) is 0.143. The van der Waals surface area contributed by atoms with Gasteiger partial charge in [-0.2, -0.15) is 0 Å². The molecule has 9 heteroatoms. The number of aromatic nitrogens is 1. The summed E-state index contributed by atoms with van der Waals surface area (Å²) >= 11 is 0. The molecule has 0 radical (unpaired) electrons. The van der Waals surface area contributed by atoms with E-state index in [1.54, 1.807) is 55.8 Å². The number of benzene rings is 2. The molecule has 1 aromatic heterocycles. The average Bonchev–Trinajstić information content (AvgIpc) is 2.75. The Morgan fingerprint density at radius 1 is 0.967 bits per heavy atom. The molecule has 3 rings (SSSR count). The Hall–Kier alpha value is -3.43. The molecule has 0 aliphatic rings. The second-order valence-electron chi connectivity index (χ2n) is 6.15. The van der Waals surface area contributed by atoms with Crippen LogP contribution in [0.1, 0.15) is 10.4 Å². The standard InChI is InChI=1S/C21H21N3O5S/c1-28-14-15-29-21-19(8-5-13-22-21)23-20(25)16-9-11-18(12-10-16)30(26,27)24-17-6-3-2-4-7-17/h2-13,24H,14-15H2,1H3,(H,23,25). The first kappa shape index (κ1) is 21.3. The van der Waals surface area contributed by atoms with E-state index in [1.165, 1.54) is 24.3 Å². The van der Waals surface area contributed by atoms with Crippen LogP contribution in [0.4, 0.5) is 11.4 Å². The molecule has 0 fully saturated rings. The lowest BCUT2D eigenvalue weighted by molar-refractivity contribution is 0.102. The highest BCUT2D eigenvalue weighted by Crippen LogP contribution is 2.22. The lowest BCUT2D eigenvalue weighted by Gasteiger charge is -2.11. The summed E-state index contributed by atoms with van der Waals surface area (Å²) in [7, 11) is -2.20. The number of sulfonamides is 1. The summed E-state index contributed by atoms with van der Waals surface area (Å²) in [6.07, 6.45) is 1.55. The fourth-order valence-electron chi connectivity index (χ4n) is 2.52. The van der Waals surface area contributed by atoms with Gasteiger partial charge in [-0.1, -0.05) is 18.2 Å². The summed E-state index contributed by atoms with van der Waals surface area (Å²) < 4.78 is 37.9. The number of nitrogens with zero attached hydrogens (tertiary/aromatic N) is 1. The Bertz CT molecular complexity index is 1090. The second kappa shape index (κ2) is 9.86. The number of hydrogen-bond donors (Lipinski definition) is 2. The van der Waals surface area contributed by atoms with Crippen molar-refractivity contribution >= 4 is 27.3 Å². The smallest absolute Gasteiger partial charge is 0.261 e. The largest absolute Gasteiger partial charge is 0.474 e. The van der Waals surface area contributed by atoms with Gasteiger partial charge in [0.15, 0.2) is 0 Å². The van der Waals surface area contributed by atoms with Crippen molar-refractivity contribution in [2.45, 2.75) is 4.90 Å². The van der Waals surface area contributed by atoms with Gasteiger partial charge in [0.25, 0.3) is 15.9 Å². The highest BCUT2D eigenvalue weighted by Gasteiger charge is 2.16. The van der Waals surface area contributed by atoms with Crippen LogP contribution >= 0.6 is 0 Å². The van der Waals surface area contributed by atoms with Crippen molar-refractivity contribution in [3.63, 3.8) is 0 Å². The average molecular weight is 427 g/mol. The zero-order valence-corrected chi connectivity index (χ0v) is 17.1. The predicted molar refractivity (Wildman–Crippen MR) is 113 cm³/mol. The van der Waals surface area contributed by atoms with Crippen LogP contribution in [0, 0.1) is 0 Å². The monoisotopic (exact) mass is 427 g/mol. The summed E-state index contributed by atoms with van der Waals surface area (Å²) in [4.78, 5) is 16.7. The lowest BCUT2D eigenvalue weighted by Crippen LogP contribution is -2.16. The molecule has 0 bridgehead atoms. The van der Waals surface area contributed by atoms with Gasteiger partial charge in [-0.3, -0.25) is 9.52 Å². The first-order chi connectivity index (χ1) is 14.5. The molecular formula is C21H21N3O5S. The van der Waals surface area contributed by atoms with Crippen LogP contribution in [0.25, 0.3) is 0 Å². The number of rotatable bonds is 9. The molecule has 1 heterocycles. The van der Waals surface area contributed by atoms with Crippen LogP contribution in [0.15, 0.2) is 77.8 Å². The van der Waals surface area contributed by atoms with E-state index in [4.69, 9.17) is 9.47 Å². The van der Waals surface area contributed by atoms with E-state index in [-0.39, 0.29) is 17.4 Å². The fourth-order valence-corrected chi connectivity index (χ4v) is 3.58. The van der Waals surface area contributed by atoms with Crippen molar-refractivity contribution < 1.29 is 22.7 Å². The minimum Gasteiger partial charge on any atom is -0.474 e. The number of methoxy groups -OCH3 is 1. The number of hydrogen-bond acceptors (Lipinski definition) is 6. The predicted octanol–water partition coefficient (Wildman–Crippen LogP) is 3.16. The molecule has 0 aliphatic heterocycles. The molecular weight excluding hydrogens is 406 g/mol. The molecule has 2 aromatic carbocycles. The van der Waals surface area contributed by atoms with Crippen LogP contribution in [0.3, 0.4) is 0 Å². The van der Waals surface area contributed by atoms with E-state index in [0.29, 0.717) is 23.5 Å². The third kappa shape index (κ3) is 5.56. The summed E-state index contributed by atoms with van der Waals surface area (Å²) in [5, 5.41) is 2.72. The topological polar surface area (TPSA) is 107 Å². The van der Waals surface area contributed by atoms with Gasteiger partial charge >= 0.3 is 0 Å². The molecule has 1 amide bonds. The first-order valence-corrected chi connectivity index (χ1v) is 10.5. The van der Waals surface area contributed by atoms with Crippen molar-refractivity contribution in [1.82, 2.24) is 4.98 Å². The summed E-state index contributed by atoms with van der Waals surface area (Å²) in [5.41, 5.74) is 1.15. The van der Waals surface area contributed by atoms with E-state index in [2.05, 4.69) is 15.0 Å². The molecule has 0 unspecified atom stereocenters. The zero-order valence-electron chi connectivity index (χ0n) is 16.2. The van der Waals surface area contributed by atoms with E-state index < -0.39 is 15.9 Å². The molecule has 2 N–H and O–H groups in total. The number of carbonyl (C=O) groups is 1. The van der Waals surface area contributed by atoms with Crippen molar-refractivity contribution in [2.24, 2.45) is 0 Å². The molecule has 0 spiro atoms. The van der Waals surface area contributed by atoms with E-state index in [1.807, 2.05) is 0 Å². The van der Waals surface area contributed by atoms with Gasteiger partial charge in [0.2, 0.25) is 5.88 Å². The Balaban J connectivity index is 1.70. The van der Waals surface area contributed by atoms with E-state index >= 15 is 0 Å². The Kier molecular flexibility index (Phi) is 6.99.